The molecule has 1 aliphatic carbocycles. The van der Waals surface area contributed by atoms with Crippen molar-refractivity contribution in [3.05, 3.63) is 54.2 Å². The van der Waals surface area contributed by atoms with Crippen LogP contribution in [0.4, 0.5) is 10.8 Å². The van der Waals surface area contributed by atoms with E-state index in [2.05, 4.69) is 22.4 Å². The minimum atomic E-state index is -0.0397. The minimum absolute atomic E-state index is 0.0397. The number of aromatic nitrogens is 1. The highest BCUT2D eigenvalue weighted by molar-refractivity contribution is 8.01. The third-order valence-corrected chi connectivity index (χ3v) is 6.63. The normalized spacial score (nSPS) is 16.5. The zero-order valence-corrected chi connectivity index (χ0v) is 15.5. The van der Waals surface area contributed by atoms with Gasteiger partial charge in [-0.1, -0.05) is 29.2 Å². The van der Waals surface area contributed by atoms with Crippen molar-refractivity contribution in [2.24, 2.45) is 0 Å². The Balaban J connectivity index is 1.32. The van der Waals surface area contributed by atoms with Crippen molar-refractivity contribution < 1.29 is 9.47 Å². The van der Waals surface area contributed by atoms with Crippen LogP contribution in [0.15, 0.2) is 57.8 Å². The summed E-state index contributed by atoms with van der Waals surface area (Å²) in [6.07, 6.45) is 4.10. The topological polar surface area (TPSA) is 69.4 Å². The molecule has 3 aromatic rings. The van der Waals surface area contributed by atoms with E-state index < -0.39 is 0 Å². The number of rotatable bonds is 5. The molecule has 2 heterocycles. The Morgan fingerprint density at radius 3 is 2.69 bits per heavy atom. The summed E-state index contributed by atoms with van der Waals surface area (Å²) in [6, 6.07) is 14.1. The number of anilines is 2. The van der Waals surface area contributed by atoms with Crippen LogP contribution in [0.1, 0.15) is 18.4 Å². The van der Waals surface area contributed by atoms with Gasteiger partial charge in [-0.3, -0.25) is 0 Å². The van der Waals surface area contributed by atoms with Crippen molar-refractivity contribution in [3.8, 4) is 11.5 Å². The molecule has 3 N–H and O–H groups in total. The molecule has 5 rings (SSSR count). The highest BCUT2D eigenvalue weighted by Crippen LogP contribution is 2.51. The van der Waals surface area contributed by atoms with Crippen molar-refractivity contribution in [1.29, 1.82) is 0 Å². The molecule has 2 aromatic carbocycles. The smallest absolute Gasteiger partial charge is 0.231 e. The molecule has 1 saturated carbocycles. The third-order valence-electron chi connectivity index (χ3n) is 4.60. The number of hydrogen-bond acceptors (Lipinski definition) is 7. The standard InChI is InChI=1S/C19H17N3O2S2/c20-13-2-4-14(5-3-13)25-17-10-21-18(26-17)22-19(7-8-19)12-1-6-15-16(9-12)24-11-23-15/h1-6,9-10H,7-8,11,20H2,(H,21,22). The fourth-order valence-electron chi connectivity index (χ4n) is 3.03. The number of nitrogens with zero attached hydrogens (tertiary/aromatic N) is 1. The first-order chi connectivity index (χ1) is 12.7. The van der Waals surface area contributed by atoms with E-state index in [0.29, 0.717) is 6.79 Å². The predicted molar refractivity (Wildman–Crippen MR) is 104 cm³/mol. The second kappa shape index (κ2) is 6.10. The van der Waals surface area contributed by atoms with Crippen LogP contribution in [0.25, 0.3) is 0 Å². The molecule has 0 unspecified atom stereocenters. The number of thiazole rings is 1. The Morgan fingerprint density at radius 1 is 1.08 bits per heavy atom. The molecule has 132 valence electrons. The molecule has 0 saturated heterocycles. The van der Waals surface area contributed by atoms with Crippen molar-refractivity contribution in [1.82, 2.24) is 4.98 Å². The Bertz CT molecular complexity index is 952. The van der Waals surface area contributed by atoms with Crippen LogP contribution in [-0.4, -0.2) is 11.8 Å². The van der Waals surface area contributed by atoms with E-state index in [9.17, 15) is 0 Å². The van der Waals surface area contributed by atoms with Crippen LogP contribution in [0, 0.1) is 0 Å². The van der Waals surface area contributed by atoms with Gasteiger partial charge in [-0.25, -0.2) is 4.98 Å². The number of nitrogens with one attached hydrogen (secondary N) is 1. The second-order valence-corrected chi connectivity index (χ2v) is 8.84. The maximum atomic E-state index is 5.74. The van der Waals surface area contributed by atoms with Gasteiger partial charge in [0.05, 0.1) is 15.9 Å². The summed E-state index contributed by atoms with van der Waals surface area (Å²) in [5.74, 6) is 1.65. The number of fused-ring (bicyclic) bond motifs is 1. The van der Waals surface area contributed by atoms with Gasteiger partial charge in [0.1, 0.15) is 0 Å². The molecular formula is C19H17N3O2S2. The van der Waals surface area contributed by atoms with Gasteiger partial charge < -0.3 is 20.5 Å². The van der Waals surface area contributed by atoms with Crippen molar-refractivity contribution in [2.75, 3.05) is 17.8 Å². The Kier molecular flexibility index (Phi) is 3.72. The molecule has 1 aromatic heterocycles. The fraction of sp³-hybridized carbons (Fsp3) is 0.211. The quantitative estimate of drug-likeness (QED) is 0.622. The maximum absolute atomic E-state index is 5.74. The lowest BCUT2D eigenvalue weighted by Gasteiger charge is -2.17. The summed E-state index contributed by atoms with van der Waals surface area (Å²) in [5.41, 5.74) is 7.71. The summed E-state index contributed by atoms with van der Waals surface area (Å²) in [6.45, 7) is 0.303. The molecule has 2 aliphatic rings. The van der Waals surface area contributed by atoms with Gasteiger partial charge in [-0.2, -0.15) is 0 Å². The van der Waals surface area contributed by atoms with Gasteiger partial charge in [-0.05, 0) is 54.8 Å². The van der Waals surface area contributed by atoms with Crippen molar-refractivity contribution >= 4 is 33.9 Å². The van der Waals surface area contributed by atoms with Gasteiger partial charge in [0.25, 0.3) is 0 Å². The highest BCUT2D eigenvalue weighted by Gasteiger charge is 2.45. The Morgan fingerprint density at radius 2 is 1.88 bits per heavy atom. The molecule has 0 amide bonds. The molecular weight excluding hydrogens is 366 g/mol. The van der Waals surface area contributed by atoms with Crippen LogP contribution >= 0.6 is 23.1 Å². The Labute approximate surface area is 159 Å². The summed E-state index contributed by atoms with van der Waals surface area (Å²) in [4.78, 5) is 5.72. The molecule has 1 aliphatic heterocycles. The van der Waals surface area contributed by atoms with Crippen molar-refractivity contribution in [3.63, 3.8) is 0 Å². The highest BCUT2D eigenvalue weighted by atomic mass is 32.2. The van der Waals surface area contributed by atoms with Crippen molar-refractivity contribution in [2.45, 2.75) is 27.5 Å². The Hall–Kier alpha value is -2.38. The van der Waals surface area contributed by atoms with E-state index >= 15 is 0 Å². The van der Waals surface area contributed by atoms with E-state index in [1.54, 1.807) is 23.1 Å². The zero-order chi connectivity index (χ0) is 17.6. The zero-order valence-electron chi connectivity index (χ0n) is 13.9. The lowest BCUT2D eigenvalue weighted by molar-refractivity contribution is 0.174. The molecule has 26 heavy (non-hydrogen) atoms. The first-order valence-electron chi connectivity index (χ1n) is 8.38. The first kappa shape index (κ1) is 15.8. The van der Waals surface area contributed by atoms with Crippen LogP contribution < -0.4 is 20.5 Å². The molecule has 5 nitrogen and oxygen atoms in total. The lowest BCUT2D eigenvalue weighted by Crippen LogP contribution is -2.18. The number of nitrogens with two attached hydrogens (primary N) is 1. The first-order valence-corrected chi connectivity index (χ1v) is 10.0. The van der Waals surface area contributed by atoms with Crippen LogP contribution in [-0.2, 0) is 5.54 Å². The minimum Gasteiger partial charge on any atom is -0.454 e. The van der Waals surface area contributed by atoms with Crippen LogP contribution in [0.5, 0.6) is 11.5 Å². The fourth-order valence-corrected chi connectivity index (χ4v) is 4.98. The molecule has 1 fully saturated rings. The monoisotopic (exact) mass is 383 g/mol. The molecule has 0 spiro atoms. The van der Waals surface area contributed by atoms with Gasteiger partial charge in [0.2, 0.25) is 6.79 Å². The summed E-state index contributed by atoms with van der Waals surface area (Å²) in [5, 5.41) is 4.57. The van der Waals surface area contributed by atoms with E-state index in [4.69, 9.17) is 15.2 Å². The van der Waals surface area contributed by atoms with Gasteiger partial charge in [-0.15, -0.1) is 0 Å². The summed E-state index contributed by atoms with van der Waals surface area (Å²) < 4.78 is 12.1. The van der Waals surface area contributed by atoms with Gasteiger partial charge in [0.15, 0.2) is 16.6 Å². The molecule has 0 atom stereocenters. The largest absolute Gasteiger partial charge is 0.454 e. The average molecular weight is 383 g/mol. The van der Waals surface area contributed by atoms with E-state index in [1.807, 2.05) is 36.5 Å². The second-order valence-electron chi connectivity index (χ2n) is 6.43. The third kappa shape index (κ3) is 2.97. The summed E-state index contributed by atoms with van der Waals surface area (Å²) >= 11 is 3.37. The van der Waals surface area contributed by atoms with Crippen LogP contribution in [0.3, 0.4) is 0 Å². The van der Waals surface area contributed by atoms with E-state index in [0.717, 1.165) is 44.3 Å². The predicted octanol–water partition coefficient (Wildman–Crippen LogP) is 4.71. The molecule has 7 heteroatoms. The molecule has 0 bridgehead atoms. The van der Waals surface area contributed by atoms with E-state index in [1.165, 1.54) is 5.56 Å². The van der Waals surface area contributed by atoms with Gasteiger partial charge in [0, 0.05) is 10.6 Å². The number of benzene rings is 2. The lowest BCUT2D eigenvalue weighted by atomic mass is 10.0. The maximum Gasteiger partial charge on any atom is 0.231 e. The van der Waals surface area contributed by atoms with E-state index in [-0.39, 0.29) is 5.54 Å². The number of ether oxygens (including phenoxy) is 2. The molecule has 0 radical (unpaired) electrons. The van der Waals surface area contributed by atoms with Crippen LogP contribution in [0.2, 0.25) is 0 Å². The number of nitrogen functional groups attached to an aromatic ring is 1. The number of hydrogen-bond donors (Lipinski definition) is 2. The summed E-state index contributed by atoms with van der Waals surface area (Å²) in [7, 11) is 0. The SMILES string of the molecule is Nc1ccc(Sc2cnc(NC3(c4ccc5c(c4)OCO5)CC3)s2)cc1. The van der Waals surface area contributed by atoms with Gasteiger partial charge >= 0.3 is 0 Å². The average Bonchev–Trinajstić information content (AvgIpc) is 3.07.